The Labute approximate surface area is 259 Å². The predicted octanol–water partition coefficient (Wildman–Crippen LogP) is 6.08. The standard InChI is InChI=1S/C22H28N8S.C8H7ClFNO/c1-4-29-13-17(9-24-29)19-10-23-22-21(25-16(3)12-30(19)22)26-20-8-18(27-31-20)14-28-7-5-6-15(2)11-28;9-8-3-7(10)2-1-6(8)4-11-5-12/h8-10,12-13,15H,4-7,11,14H2,1-3H3,(H,25,26);1-3,5H,4H2,(H,11,12). The SMILES string of the molecule is CCn1cc(-c2cnc3c(Nc4cc(CN5CCCC(C)C5)ns4)nc(C)cn23)cn1.O=CNCc1ccc(F)cc1Cl. The minimum atomic E-state index is -0.380. The molecule has 226 valence electrons. The highest BCUT2D eigenvalue weighted by molar-refractivity contribution is 7.10. The van der Waals surface area contributed by atoms with Gasteiger partial charge in [0.25, 0.3) is 0 Å². The third kappa shape index (κ3) is 7.75. The van der Waals surface area contributed by atoms with E-state index in [1.54, 1.807) is 0 Å². The average Bonchev–Trinajstić information content (AvgIpc) is 3.73. The quantitative estimate of drug-likeness (QED) is 0.192. The summed E-state index contributed by atoms with van der Waals surface area (Å²) in [6, 6.07) is 6.19. The molecule has 0 radical (unpaired) electrons. The predicted molar refractivity (Wildman–Crippen MR) is 168 cm³/mol. The van der Waals surface area contributed by atoms with Gasteiger partial charge in [0.05, 0.1) is 29.5 Å². The van der Waals surface area contributed by atoms with Gasteiger partial charge in [-0.05, 0) is 74.4 Å². The van der Waals surface area contributed by atoms with E-state index in [0.29, 0.717) is 23.5 Å². The van der Waals surface area contributed by atoms with E-state index in [1.807, 2.05) is 36.4 Å². The van der Waals surface area contributed by atoms with E-state index in [0.717, 1.165) is 71.2 Å². The molecule has 1 aliphatic heterocycles. The summed E-state index contributed by atoms with van der Waals surface area (Å²) in [4.78, 5) is 21.8. The summed E-state index contributed by atoms with van der Waals surface area (Å²) in [6.07, 6.45) is 11.0. The van der Waals surface area contributed by atoms with Crippen LogP contribution >= 0.6 is 23.1 Å². The third-order valence-electron chi connectivity index (χ3n) is 7.18. The Morgan fingerprint density at radius 3 is 2.84 bits per heavy atom. The van der Waals surface area contributed by atoms with E-state index < -0.39 is 0 Å². The molecule has 4 aromatic heterocycles. The smallest absolute Gasteiger partial charge is 0.207 e. The van der Waals surface area contributed by atoms with Gasteiger partial charge in [0.15, 0.2) is 11.5 Å². The normalized spacial score (nSPS) is 15.2. The second kappa shape index (κ2) is 14.1. The van der Waals surface area contributed by atoms with Gasteiger partial charge in [0.2, 0.25) is 6.41 Å². The number of aromatic nitrogens is 6. The molecule has 1 amide bonds. The number of likely N-dealkylation sites (tertiary alicyclic amines) is 1. The van der Waals surface area contributed by atoms with Crippen molar-refractivity contribution >= 4 is 46.0 Å². The van der Waals surface area contributed by atoms with Crippen molar-refractivity contribution in [1.29, 1.82) is 0 Å². The number of piperidine rings is 1. The Balaban J connectivity index is 0.000000259. The fourth-order valence-corrected chi connectivity index (χ4v) is 6.00. The molecule has 1 saturated heterocycles. The van der Waals surface area contributed by atoms with Crippen LogP contribution in [0.25, 0.3) is 16.9 Å². The Hall–Kier alpha value is -3.87. The largest absolute Gasteiger partial charge is 0.355 e. The van der Waals surface area contributed by atoms with Gasteiger partial charge in [-0.1, -0.05) is 24.6 Å². The monoisotopic (exact) mass is 623 g/mol. The molecule has 0 bridgehead atoms. The molecular weight excluding hydrogens is 589 g/mol. The molecule has 5 heterocycles. The molecule has 10 nitrogen and oxygen atoms in total. The number of carbonyl (C=O) groups excluding carboxylic acids is 1. The average molecular weight is 624 g/mol. The van der Waals surface area contributed by atoms with Crippen molar-refractivity contribution < 1.29 is 9.18 Å². The molecular formula is C30H35ClFN9OS. The van der Waals surface area contributed by atoms with Crippen LogP contribution in [0.5, 0.6) is 0 Å². The summed E-state index contributed by atoms with van der Waals surface area (Å²) in [5.74, 6) is 1.14. The molecule has 1 unspecified atom stereocenters. The summed E-state index contributed by atoms with van der Waals surface area (Å²) in [5.41, 5.74) is 5.58. The van der Waals surface area contributed by atoms with Crippen LogP contribution in [0.2, 0.25) is 5.02 Å². The molecule has 1 aliphatic rings. The number of hydrogen-bond donors (Lipinski definition) is 2. The van der Waals surface area contributed by atoms with Gasteiger partial charge in [-0.3, -0.25) is 18.8 Å². The number of aryl methyl sites for hydroxylation is 2. The summed E-state index contributed by atoms with van der Waals surface area (Å²) < 4.78 is 21.2. The van der Waals surface area contributed by atoms with Crippen LogP contribution < -0.4 is 10.6 Å². The molecule has 0 saturated carbocycles. The van der Waals surface area contributed by atoms with Crippen LogP contribution in [0.3, 0.4) is 0 Å². The van der Waals surface area contributed by atoms with Crippen LogP contribution in [0.15, 0.2) is 49.1 Å². The van der Waals surface area contributed by atoms with E-state index in [2.05, 4.69) is 54.3 Å². The van der Waals surface area contributed by atoms with Gasteiger partial charge >= 0.3 is 0 Å². The molecule has 0 aliphatic carbocycles. The fourth-order valence-electron chi connectivity index (χ4n) is 5.11. The minimum Gasteiger partial charge on any atom is -0.355 e. The maximum atomic E-state index is 12.5. The Morgan fingerprint density at radius 1 is 1.23 bits per heavy atom. The van der Waals surface area contributed by atoms with Gasteiger partial charge in [0.1, 0.15) is 10.8 Å². The number of nitrogens with one attached hydrogen (secondary N) is 2. The number of carbonyl (C=O) groups is 1. The maximum absolute atomic E-state index is 12.5. The van der Waals surface area contributed by atoms with Crippen molar-refractivity contribution in [2.75, 3.05) is 18.4 Å². The van der Waals surface area contributed by atoms with Crippen LogP contribution in [0.1, 0.15) is 43.6 Å². The number of benzene rings is 1. The number of amides is 1. The van der Waals surface area contributed by atoms with E-state index in [4.69, 9.17) is 16.6 Å². The molecule has 43 heavy (non-hydrogen) atoms. The first-order valence-corrected chi connectivity index (χ1v) is 15.4. The summed E-state index contributed by atoms with van der Waals surface area (Å²) in [7, 11) is 0. The third-order valence-corrected chi connectivity index (χ3v) is 8.28. The van der Waals surface area contributed by atoms with Crippen molar-refractivity contribution in [1.82, 2.24) is 38.7 Å². The highest BCUT2D eigenvalue weighted by atomic mass is 35.5. The lowest BCUT2D eigenvalue weighted by Gasteiger charge is -2.30. The second-order valence-corrected chi connectivity index (χ2v) is 11.9. The van der Waals surface area contributed by atoms with Crippen molar-refractivity contribution in [2.45, 2.75) is 53.2 Å². The first-order valence-electron chi connectivity index (χ1n) is 14.3. The van der Waals surface area contributed by atoms with Crippen molar-refractivity contribution in [2.24, 2.45) is 5.92 Å². The lowest BCUT2D eigenvalue weighted by Crippen LogP contribution is -2.33. The summed E-state index contributed by atoms with van der Waals surface area (Å²) in [6.45, 7) is 10.8. The molecule has 1 atom stereocenters. The second-order valence-electron chi connectivity index (χ2n) is 10.7. The molecule has 0 spiro atoms. The number of nitrogens with zero attached hydrogens (tertiary/aromatic N) is 7. The van der Waals surface area contributed by atoms with Gasteiger partial charge in [-0.2, -0.15) is 9.47 Å². The Morgan fingerprint density at radius 2 is 2.09 bits per heavy atom. The molecule has 5 aromatic rings. The Bertz CT molecular complexity index is 1680. The highest BCUT2D eigenvalue weighted by Gasteiger charge is 2.18. The van der Waals surface area contributed by atoms with Crippen LogP contribution in [-0.4, -0.2) is 52.9 Å². The van der Waals surface area contributed by atoms with E-state index in [9.17, 15) is 9.18 Å². The van der Waals surface area contributed by atoms with Gasteiger partial charge in [-0.15, -0.1) is 0 Å². The molecule has 1 aromatic carbocycles. The van der Waals surface area contributed by atoms with E-state index >= 15 is 0 Å². The van der Waals surface area contributed by atoms with Crippen LogP contribution in [-0.2, 0) is 24.4 Å². The number of rotatable bonds is 9. The topological polar surface area (TPSA) is 105 Å². The molecule has 13 heteroatoms. The lowest BCUT2D eigenvalue weighted by atomic mass is 10.0. The van der Waals surface area contributed by atoms with Crippen LogP contribution in [0.4, 0.5) is 15.2 Å². The molecule has 2 N–H and O–H groups in total. The molecule has 1 fully saturated rings. The minimum absolute atomic E-state index is 0.322. The number of hydrogen-bond acceptors (Lipinski definition) is 8. The molecule has 6 rings (SSSR count). The zero-order chi connectivity index (χ0) is 30.3. The van der Waals surface area contributed by atoms with Crippen LogP contribution in [0, 0.1) is 18.7 Å². The zero-order valence-electron chi connectivity index (χ0n) is 24.4. The number of imidazole rings is 1. The zero-order valence-corrected chi connectivity index (χ0v) is 26.0. The number of anilines is 2. The fraction of sp³-hybridized carbons (Fsp3) is 0.367. The summed E-state index contributed by atoms with van der Waals surface area (Å²) >= 11 is 7.15. The van der Waals surface area contributed by atoms with E-state index in [1.165, 1.54) is 42.6 Å². The highest BCUT2D eigenvalue weighted by Crippen LogP contribution is 2.28. The number of fused-ring (bicyclic) bond motifs is 1. The van der Waals surface area contributed by atoms with Crippen molar-refractivity contribution in [3.8, 4) is 11.3 Å². The Kier molecular flexibility index (Phi) is 10.0. The first-order chi connectivity index (χ1) is 20.8. The van der Waals surface area contributed by atoms with Gasteiger partial charge in [0, 0.05) is 49.2 Å². The van der Waals surface area contributed by atoms with Crippen molar-refractivity contribution in [3.05, 3.63) is 76.8 Å². The van der Waals surface area contributed by atoms with E-state index in [-0.39, 0.29) is 5.82 Å². The lowest BCUT2D eigenvalue weighted by molar-refractivity contribution is -0.109. The summed E-state index contributed by atoms with van der Waals surface area (Å²) in [5, 5.41) is 11.6. The first kappa shape index (κ1) is 30.6. The van der Waals surface area contributed by atoms with Gasteiger partial charge < -0.3 is 10.6 Å². The number of halogens is 2. The van der Waals surface area contributed by atoms with Gasteiger partial charge in [-0.25, -0.2) is 14.4 Å². The maximum Gasteiger partial charge on any atom is 0.207 e. The van der Waals surface area contributed by atoms with Crippen molar-refractivity contribution in [3.63, 3.8) is 0 Å².